The number of Topliss-reactive ketones (excluding diaryl/α,β-unsaturated/α-hetero) is 1. The Kier molecular flexibility index (Phi) is 6.22. The number of furan rings is 1. The van der Waals surface area contributed by atoms with Crippen molar-refractivity contribution in [3.05, 3.63) is 88.9 Å². The van der Waals surface area contributed by atoms with Gasteiger partial charge in [-0.25, -0.2) is 0 Å². The zero-order valence-corrected chi connectivity index (χ0v) is 19.8. The van der Waals surface area contributed by atoms with Crippen molar-refractivity contribution in [2.45, 2.75) is 57.3 Å². The Bertz CT molecular complexity index is 1240. The first-order valence-corrected chi connectivity index (χ1v) is 12.4. The molecule has 170 valence electrons. The van der Waals surface area contributed by atoms with Crippen LogP contribution in [0.4, 0.5) is 0 Å². The highest BCUT2D eigenvalue weighted by Gasteiger charge is 2.31. The molecular formula is C26H28N4O2S. The molecule has 33 heavy (non-hydrogen) atoms. The van der Waals surface area contributed by atoms with Gasteiger partial charge in [0, 0.05) is 29.4 Å². The van der Waals surface area contributed by atoms with Crippen molar-refractivity contribution < 1.29 is 9.21 Å². The SMILES string of the molecule is Cc1cc(C(=O)CSc2nnc(C3CC3)n2Cc2ccco2)c(C)n1CCc1ccccc1. The van der Waals surface area contributed by atoms with Crippen molar-refractivity contribution in [1.29, 1.82) is 0 Å². The van der Waals surface area contributed by atoms with Gasteiger partial charge in [0.25, 0.3) is 0 Å². The number of nitrogens with zero attached hydrogens (tertiary/aromatic N) is 4. The number of hydrogen-bond donors (Lipinski definition) is 0. The molecule has 0 amide bonds. The fourth-order valence-corrected chi connectivity index (χ4v) is 5.11. The molecule has 4 aromatic rings. The van der Waals surface area contributed by atoms with Gasteiger partial charge in [-0.3, -0.25) is 9.36 Å². The van der Waals surface area contributed by atoms with Gasteiger partial charge in [0.1, 0.15) is 11.6 Å². The minimum Gasteiger partial charge on any atom is -0.467 e. The fourth-order valence-electron chi connectivity index (χ4n) is 4.28. The van der Waals surface area contributed by atoms with Crippen LogP contribution in [0.25, 0.3) is 0 Å². The first kappa shape index (κ1) is 21.8. The van der Waals surface area contributed by atoms with E-state index in [4.69, 9.17) is 4.42 Å². The van der Waals surface area contributed by atoms with E-state index in [9.17, 15) is 4.79 Å². The summed E-state index contributed by atoms with van der Waals surface area (Å²) in [6.45, 7) is 5.57. The van der Waals surface area contributed by atoms with Gasteiger partial charge in [-0.15, -0.1) is 10.2 Å². The van der Waals surface area contributed by atoms with E-state index >= 15 is 0 Å². The predicted octanol–water partition coefficient (Wildman–Crippen LogP) is 5.43. The molecule has 1 saturated carbocycles. The number of carbonyl (C=O) groups excluding carboxylic acids is 1. The lowest BCUT2D eigenvalue weighted by atomic mass is 10.1. The summed E-state index contributed by atoms with van der Waals surface area (Å²) < 4.78 is 9.90. The average molecular weight is 461 g/mol. The third kappa shape index (κ3) is 4.83. The summed E-state index contributed by atoms with van der Waals surface area (Å²) in [5.74, 6) is 2.80. The van der Waals surface area contributed by atoms with E-state index < -0.39 is 0 Å². The standard InChI is InChI=1S/C26H28N4O2S/c1-18-15-23(19(2)29(18)13-12-20-7-4-3-5-8-20)24(31)17-33-26-28-27-25(21-10-11-21)30(26)16-22-9-6-14-32-22/h3-9,14-15,21H,10-13,16-17H2,1-2H3. The Labute approximate surface area is 198 Å². The van der Waals surface area contributed by atoms with Crippen LogP contribution in [0.15, 0.2) is 64.4 Å². The molecule has 0 radical (unpaired) electrons. The van der Waals surface area contributed by atoms with Crippen LogP contribution in [0.5, 0.6) is 0 Å². The summed E-state index contributed by atoms with van der Waals surface area (Å²) in [5.41, 5.74) is 4.25. The second kappa shape index (κ2) is 9.43. The Morgan fingerprint density at radius 1 is 1.09 bits per heavy atom. The molecule has 0 N–H and O–H groups in total. The normalized spacial score (nSPS) is 13.5. The maximum Gasteiger partial charge on any atom is 0.192 e. The minimum atomic E-state index is 0.125. The van der Waals surface area contributed by atoms with E-state index in [1.165, 1.54) is 17.3 Å². The number of aromatic nitrogens is 4. The Balaban J connectivity index is 1.28. The van der Waals surface area contributed by atoms with Gasteiger partial charge in [0.2, 0.25) is 0 Å². The van der Waals surface area contributed by atoms with Crippen LogP contribution >= 0.6 is 11.8 Å². The first-order valence-electron chi connectivity index (χ1n) is 11.4. The quantitative estimate of drug-likeness (QED) is 0.233. The molecule has 7 heteroatoms. The van der Waals surface area contributed by atoms with Gasteiger partial charge in [0.05, 0.1) is 18.6 Å². The summed E-state index contributed by atoms with van der Waals surface area (Å²) in [7, 11) is 0. The highest BCUT2D eigenvalue weighted by atomic mass is 32.2. The Morgan fingerprint density at radius 2 is 1.91 bits per heavy atom. The number of benzene rings is 1. The topological polar surface area (TPSA) is 65.8 Å². The molecule has 6 nitrogen and oxygen atoms in total. The van der Waals surface area contributed by atoms with Crippen LogP contribution in [-0.4, -0.2) is 30.9 Å². The van der Waals surface area contributed by atoms with Crippen molar-refractivity contribution in [2.75, 3.05) is 5.75 Å². The van der Waals surface area contributed by atoms with Gasteiger partial charge >= 0.3 is 0 Å². The molecule has 0 atom stereocenters. The second-order valence-electron chi connectivity index (χ2n) is 8.66. The molecule has 5 rings (SSSR count). The van der Waals surface area contributed by atoms with Crippen molar-refractivity contribution in [3.8, 4) is 0 Å². The van der Waals surface area contributed by atoms with Gasteiger partial charge < -0.3 is 8.98 Å². The highest BCUT2D eigenvalue weighted by Crippen LogP contribution is 2.40. The van der Waals surface area contributed by atoms with Crippen LogP contribution in [0, 0.1) is 13.8 Å². The zero-order chi connectivity index (χ0) is 22.8. The summed E-state index contributed by atoms with van der Waals surface area (Å²) in [4.78, 5) is 13.1. The van der Waals surface area contributed by atoms with E-state index in [1.54, 1.807) is 6.26 Å². The fraction of sp³-hybridized carbons (Fsp3) is 0.346. The molecule has 3 aromatic heterocycles. The Morgan fingerprint density at radius 3 is 2.64 bits per heavy atom. The lowest BCUT2D eigenvalue weighted by Crippen LogP contribution is -2.09. The third-order valence-corrected chi connectivity index (χ3v) is 7.22. The van der Waals surface area contributed by atoms with E-state index in [-0.39, 0.29) is 5.78 Å². The molecule has 1 aromatic carbocycles. The zero-order valence-electron chi connectivity index (χ0n) is 19.0. The van der Waals surface area contributed by atoms with Crippen molar-refractivity contribution in [2.24, 2.45) is 0 Å². The molecule has 0 saturated heterocycles. The van der Waals surface area contributed by atoms with Gasteiger partial charge in [-0.2, -0.15) is 0 Å². The van der Waals surface area contributed by atoms with Crippen LogP contribution in [0.1, 0.15) is 57.7 Å². The van der Waals surface area contributed by atoms with Crippen molar-refractivity contribution >= 4 is 17.5 Å². The van der Waals surface area contributed by atoms with Crippen LogP contribution in [0.3, 0.4) is 0 Å². The van der Waals surface area contributed by atoms with Crippen LogP contribution < -0.4 is 0 Å². The smallest absolute Gasteiger partial charge is 0.192 e. The van der Waals surface area contributed by atoms with E-state index in [0.717, 1.165) is 59.5 Å². The van der Waals surface area contributed by atoms with E-state index in [2.05, 4.69) is 50.5 Å². The summed E-state index contributed by atoms with van der Waals surface area (Å²) in [5, 5.41) is 9.62. The third-order valence-electron chi connectivity index (χ3n) is 6.26. The maximum atomic E-state index is 13.1. The summed E-state index contributed by atoms with van der Waals surface area (Å²) >= 11 is 1.46. The summed E-state index contributed by atoms with van der Waals surface area (Å²) in [6.07, 6.45) is 4.92. The lowest BCUT2D eigenvalue weighted by Gasteiger charge is -2.10. The van der Waals surface area contributed by atoms with Gasteiger partial charge in [-0.05, 0) is 56.9 Å². The largest absolute Gasteiger partial charge is 0.467 e. The molecule has 1 aliphatic rings. The van der Waals surface area contributed by atoms with Crippen molar-refractivity contribution in [3.63, 3.8) is 0 Å². The Hall–Kier alpha value is -3.06. The lowest BCUT2D eigenvalue weighted by molar-refractivity contribution is 0.102. The average Bonchev–Trinajstić information content (AvgIpc) is 3.26. The van der Waals surface area contributed by atoms with Gasteiger partial charge in [-0.1, -0.05) is 42.1 Å². The number of ketones is 1. The number of aryl methyl sites for hydroxylation is 2. The first-order chi connectivity index (χ1) is 16.1. The van der Waals surface area contributed by atoms with Gasteiger partial charge in [0.15, 0.2) is 10.9 Å². The highest BCUT2D eigenvalue weighted by molar-refractivity contribution is 7.99. The molecule has 0 spiro atoms. The van der Waals surface area contributed by atoms with Crippen LogP contribution in [-0.2, 0) is 19.5 Å². The maximum absolute atomic E-state index is 13.1. The molecule has 3 heterocycles. The van der Waals surface area contributed by atoms with E-state index in [0.29, 0.717) is 18.2 Å². The predicted molar refractivity (Wildman–Crippen MR) is 129 cm³/mol. The summed E-state index contributed by atoms with van der Waals surface area (Å²) in [6, 6.07) is 16.3. The minimum absolute atomic E-state index is 0.125. The number of rotatable bonds is 10. The number of thioether (sulfide) groups is 1. The monoisotopic (exact) mass is 460 g/mol. The molecule has 0 aliphatic heterocycles. The molecule has 0 unspecified atom stereocenters. The van der Waals surface area contributed by atoms with Crippen LogP contribution in [0.2, 0.25) is 0 Å². The van der Waals surface area contributed by atoms with Crippen molar-refractivity contribution in [1.82, 2.24) is 19.3 Å². The van der Waals surface area contributed by atoms with E-state index in [1.807, 2.05) is 31.2 Å². The molecule has 1 aliphatic carbocycles. The molecule has 0 bridgehead atoms. The number of carbonyl (C=O) groups is 1. The molecule has 1 fully saturated rings. The second-order valence-corrected chi connectivity index (χ2v) is 9.61. The number of hydrogen-bond acceptors (Lipinski definition) is 5. The molecular weight excluding hydrogens is 432 g/mol.